The molecule has 0 unspecified atom stereocenters. The topological polar surface area (TPSA) is 58.3 Å². The summed E-state index contributed by atoms with van der Waals surface area (Å²) >= 11 is 7.60. The van der Waals surface area contributed by atoms with Gasteiger partial charge in [0.1, 0.15) is 11.3 Å². The zero-order chi connectivity index (χ0) is 17.1. The maximum absolute atomic E-state index is 5.93. The Hall–Kier alpha value is -1.96. The van der Waals surface area contributed by atoms with Gasteiger partial charge in [-0.3, -0.25) is 4.90 Å². The van der Waals surface area contributed by atoms with E-state index >= 15 is 0 Å². The minimum Gasteiger partial charge on any atom is -0.364 e. The second-order valence-electron chi connectivity index (χ2n) is 6.04. The normalized spacial score (nSPS) is 15.6. The van der Waals surface area contributed by atoms with Crippen LogP contribution in [0.1, 0.15) is 16.3 Å². The molecule has 0 aliphatic carbocycles. The second-order valence-corrected chi connectivity index (χ2v) is 7.51. The third-order valence-corrected chi connectivity index (χ3v) is 5.48. The number of benzene rings is 1. The van der Waals surface area contributed by atoms with Crippen LogP contribution in [0.3, 0.4) is 0 Å². The Kier molecular flexibility index (Phi) is 4.96. The summed E-state index contributed by atoms with van der Waals surface area (Å²) in [6.07, 6.45) is 2.41. The molecule has 3 heterocycles. The highest BCUT2D eigenvalue weighted by Crippen LogP contribution is 2.24. The molecule has 0 atom stereocenters. The lowest BCUT2D eigenvalue weighted by atomic mass is 10.2. The van der Waals surface area contributed by atoms with E-state index in [-0.39, 0.29) is 0 Å². The molecule has 2 aromatic heterocycles. The highest BCUT2D eigenvalue weighted by Gasteiger charge is 2.20. The molecule has 0 saturated carbocycles. The summed E-state index contributed by atoms with van der Waals surface area (Å²) in [4.78, 5) is 4.69. The van der Waals surface area contributed by atoms with E-state index < -0.39 is 0 Å². The summed E-state index contributed by atoms with van der Waals surface area (Å²) in [5.41, 5.74) is 2.18. The maximum Gasteiger partial charge on any atom is 0.208 e. The summed E-state index contributed by atoms with van der Waals surface area (Å²) in [6.45, 7) is 4.71. The summed E-state index contributed by atoms with van der Waals surface area (Å²) in [7, 11) is 0. The summed E-state index contributed by atoms with van der Waals surface area (Å²) in [5, 5.41) is 15.5. The Balaban J connectivity index is 1.32. The first-order chi connectivity index (χ1) is 12.3. The summed E-state index contributed by atoms with van der Waals surface area (Å²) in [5.74, 6) is 0. The van der Waals surface area contributed by atoms with Gasteiger partial charge in [0.05, 0.1) is 5.69 Å². The molecule has 1 fully saturated rings. The van der Waals surface area contributed by atoms with Gasteiger partial charge >= 0.3 is 0 Å². The van der Waals surface area contributed by atoms with Gasteiger partial charge < -0.3 is 9.42 Å². The van der Waals surface area contributed by atoms with Gasteiger partial charge in [0.2, 0.25) is 5.13 Å². The molecule has 0 N–H and O–H groups in total. The van der Waals surface area contributed by atoms with Crippen molar-refractivity contribution in [2.24, 2.45) is 0 Å². The second kappa shape index (κ2) is 7.51. The summed E-state index contributed by atoms with van der Waals surface area (Å²) < 4.78 is 4.89. The van der Waals surface area contributed by atoms with E-state index in [9.17, 15) is 0 Å². The fourth-order valence-electron chi connectivity index (χ4n) is 2.87. The van der Waals surface area contributed by atoms with Crippen LogP contribution >= 0.6 is 22.9 Å². The number of piperazine rings is 1. The monoisotopic (exact) mass is 375 g/mol. The van der Waals surface area contributed by atoms with Crippen molar-refractivity contribution in [3.63, 3.8) is 0 Å². The van der Waals surface area contributed by atoms with Crippen molar-refractivity contribution >= 4 is 28.1 Å². The Bertz CT molecular complexity index is 797. The molecule has 3 aromatic rings. The smallest absolute Gasteiger partial charge is 0.208 e. The number of anilines is 1. The van der Waals surface area contributed by atoms with Gasteiger partial charge in [0.25, 0.3) is 0 Å². The van der Waals surface area contributed by atoms with Crippen molar-refractivity contribution in [3.05, 3.63) is 57.9 Å². The highest BCUT2D eigenvalue weighted by molar-refractivity contribution is 7.15. The number of hydrogen-bond donors (Lipinski definition) is 0. The van der Waals surface area contributed by atoms with Gasteiger partial charge in [-0.1, -0.05) is 40.2 Å². The van der Waals surface area contributed by atoms with Crippen LogP contribution in [0.15, 0.2) is 41.1 Å². The van der Waals surface area contributed by atoms with Gasteiger partial charge in [-0.25, -0.2) is 0 Å². The van der Waals surface area contributed by atoms with E-state index in [2.05, 4.69) is 25.2 Å². The Morgan fingerprint density at radius 2 is 1.84 bits per heavy atom. The first-order valence-electron chi connectivity index (χ1n) is 8.20. The quantitative estimate of drug-likeness (QED) is 0.683. The molecule has 130 valence electrons. The number of halogens is 1. The van der Waals surface area contributed by atoms with Crippen molar-refractivity contribution in [1.82, 2.24) is 20.3 Å². The molecular weight excluding hydrogens is 358 g/mol. The van der Waals surface area contributed by atoms with E-state index in [1.807, 2.05) is 30.3 Å². The SMILES string of the molecule is Clc1ccc(Cc2nnc(N3CCN(Cc4ccon4)CC3)s2)cc1. The molecule has 1 aromatic carbocycles. The minimum absolute atomic E-state index is 0.755. The molecule has 8 heteroatoms. The first-order valence-corrected chi connectivity index (χ1v) is 9.39. The van der Waals surface area contributed by atoms with Gasteiger partial charge in [-0.05, 0) is 17.7 Å². The number of hydrogen-bond acceptors (Lipinski definition) is 7. The van der Waals surface area contributed by atoms with Crippen molar-refractivity contribution in [2.45, 2.75) is 13.0 Å². The Morgan fingerprint density at radius 3 is 2.56 bits per heavy atom. The van der Waals surface area contributed by atoms with Crippen LogP contribution in [-0.2, 0) is 13.0 Å². The fraction of sp³-hybridized carbons (Fsp3) is 0.353. The molecule has 1 aliphatic rings. The zero-order valence-electron chi connectivity index (χ0n) is 13.6. The molecule has 0 radical (unpaired) electrons. The predicted octanol–water partition coefficient (Wildman–Crippen LogP) is 3.09. The van der Waals surface area contributed by atoms with Crippen LogP contribution in [0.2, 0.25) is 5.02 Å². The van der Waals surface area contributed by atoms with Crippen LogP contribution in [0, 0.1) is 0 Å². The predicted molar refractivity (Wildman–Crippen MR) is 98.2 cm³/mol. The third kappa shape index (κ3) is 4.18. The zero-order valence-corrected chi connectivity index (χ0v) is 15.2. The maximum atomic E-state index is 5.93. The standard InChI is InChI=1S/C17H18ClN5OS/c18-14-3-1-13(2-4-14)11-16-19-20-17(25-16)23-8-6-22(7-9-23)12-15-5-10-24-21-15/h1-5,10H,6-9,11-12H2. The van der Waals surface area contributed by atoms with Gasteiger partial charge in [0.15, 0.2) is 0 Å². The highest BCUT2D eigenvalue weighted by atomic mass is 35.5. The van der Waals surface area contributed by atoms with Crippen molar-refractivity contribution in [1.29, 1.82) is 0 Å². The van der Waals surface area contributed by atoms with Crippen molar-refractivity contribution in [2.75, 3.05) is 31.1 Å². The van der Waals surface area contributed by atoms with Gasteiger partial charge in [-0.15, -0.1) is 10.2 Å². The largest absolute Gasteiger partial charge is 0.364 e. The molecule has 0 spiro atoms. The van der Waals surface area contributed by atoms with E-state index in [4.69, 9.17) is 16.1 Å². The molecular formula is C17H18ClN5OS. The molecule has 1 aliphatic heterocycles. The van der Waals surface area contributed by atoms with E-state index in [1.165, 1.54) is 5.56 Å². The Labute approximate surface area is 155 Å². The van der Waals surface area contributed by atoms with Crippen LogP contribution in [0.5, 0.6) is 0 Å². The Morgan fingerprint density at radius 1 is 1.04 bits per heavy atom. The third-order valence-electron chi connectivity index (χ3n) is 4.24. The number of aromatic nitrogens is 3. The van der Waals surface area contributed by atoms with Crippen LogP contribution in [0.4, 0.5) is 5.13 Å². The average Bonchev–Trinajstić information content (AvgIpc) is 3.30. The minimum atomic E-state index is 0.755. The van der Waals surface area contributed by atoms with Crippen LogP contribution < -0.4 is 4.90 Å². The van der Waals surface area contributed by atoms with Crippen molar-refractivity contribution < 1.29 is 4.52 Å². The average molecular weight is 376 g/mol. The van der Waals surface area contributed by atoms with Gasteiger partial charge in [0, 0.05) is 50.2 Å². The van der Waals surface area contributed by atoms with Gasteiger partial charge in [-0.2, -0.15) is 0 Å². The lowest BCUT2D eigenvalue weighted by Gasteiger charge is -2.33. The van der Waals surface area contributed by atoms with E-state index in [0.717, 1.165) is 60.0 Å². The van der Waals surface area contributed by atoms with Crippen molar-refractivity contribution in [3.8, 4) is 0 Å². The van der Waals surface area contributed by atoms with Crippen LogP contribution in [-0.4, -0.2) is 46.4 Å². The van der Waals surface area contributed by atoms with Crippen LogP contribution in [0.25, 0.3) is 0 Å². The van der Waals surface area contributed by atoms with E-state index in [0.29, 0.717) is 0 Å². The fourth-order valence-corrected chi connectivity index (χ4v) is 3.92. The first kappa shape index (κ1) is 16.5. The molecule has 1 saturated heterocycles. The lowest BCUT2D eigenvalue weighted by Crippen LogP contribution is -2.46. The number of nitrogens with zero attached hydrogens (tertiary/aromatic N) is 5. The molecule has 6 nitrogen and oxygen atoms in total. The molecule has 0 amide bonds. The summed E-state index contributed by atoms with van der Waals surface area (Å²) in [6, 6.07) is 9.80. The number of rotatable bonds is 5. The van der Waals surface area contributed by atoms with E-state index in [1.54, 1.807) is 17.6 Å². The molecule has 25 heavy (non-hydrogen) atoms. The molecule has 4 rings (SSSR count). The lowest BCUT2D eigenvalue weighted by molar-refractivity contribution is 0.242. The molecule has 0 bridgehead atoms.